The van der Waals surface area contributed by atoms with Crippen LogP contribution in [-0.2, 0) is 4.79 Å². The molecule has 1 N–H and O–H groups in total. The fraction of sp³-hybridized carbons (Fsp3) is 0.222. The quantitative estimate of drug-likeness (QED) is 0.746. The lowest BCUT2D eigenvalue weighted by molar-refractivity contribution is -0.118. The number of amides is 1. The fourth-order valence-electron chi connectivity index (χ4n) is 2.45. The Morgan fingerprint density at radius 2 is 2.04 bits per heavy atom. The Morgan fingerprint density at radius 1 is 1.20 bits per heavy atom. The Kier molecular flexibility index (Phi) is 4.74. The van der Waals surface area contributed by atoms with Crippen LogP contribution < -0.4 is 19.5 Å². The number of anilines is 1. The zero-order valence-electron chi connectivity index (χ0n) is 14.3. The lowest BCUT2D eigenvalue weighted by atomic mass is 10.2. The highest BCUT2D eigenvalue weighted by molar-refractivity contribution is 5.93. The first-order valence-corrected chi connectivity index (χ1v) is 7.69. The molecule has 0 atom stereocenters. The minimum absolute atomic E-state index is 0.138. The van der Waals surface area contributed by atoms with E-state index in [2.05, 4.69) is 10.3 Å². The molecule has 0 radical (unpaired) electrons. The van der Waals surface area contributed by atoms with E-state index in [4.69, 9.17) is 14.2 Å². The molecule has 3 rings (SSSR count). The van der Waals surface area contributed by atoms with Gasteiger partial charge in [-0.2, -0.15) is 0 Å². The van der Waals surface area contributed by atoms with Crippen molar-refractivity contribution >= 4 is 17.2 Å². The van der Waals surface area contributed by atoms with Gasteiger partial charge in [0.1, 0.15) is 11.5 Å². The van der Waals surface area contributed by atoms with E-state index in [1.807, 2.05) is 29.8 Å². The molecule has 7 nitrogen and oxygen atoms in total. The summed E-state index contributed by atoms with van der Waals surface area (Å²) < 4.78 is 17.9. The lowest BCUT2D eigenvalue weighted by Gasteiger charge is -2.12. The number of hydrogen-bond donors (Lipinski definition) is 1. The number of aromatic nitrogens is 2. The van der Waals surface area contributed by atoms with E-state index in [-0.39, 0.29) is 12.5 Å². The molecule has 0 bridgehead atoms. The molecule has 2 aromatic heterocycles. The summed E-state index contributed by atoms with van der Waals surface area (Å²) in [6, 6.07) is 8.78. The maximum atomic E-state index is 12.2. The Morgan fingerprint density at radius 3 is 2.80 bits per heavy atom. The average molecular weight is 341 g/mol. The van der Waals surface area contributed by atoms with Gasteiger partial charge in [-0.1, -0.05) is 0 Å². The Hall–Kier alpha value is -3.22. The fourth-order valence-corrected chi connectivity index (χ4v) is 2.45. The van der Waals surface area contributed by atoms with Gasteiger partial charge in [-0.25, -0.2) is 4.98 Å². The van der Waals surface area contributed by atoms with Gasteiger partial charge in [-0.3, -0.25) is 4.79 Å². The van der Waals surface area contributed by atoms with Crippen LogP contribution in [0.15, 0.2) is 42.7 Å². The zero-order chi connectivity index (χ0) is 17.8. The number of imidazole rings is 1. The standard InChI is InChI=1S/C18H19N3O4/c1-12-10-21-8-4-5-15(18(21)19-12)25-11-17(22)20-14-7-6-13(23-2)9-16(14)24-3/h4-10H,11H2,1-3H3,(H,20,22). The summed E-state index contributed by atoms with van der Waals surface area (Å²) in [5.41, 5.74) is 2.10. The van der Waals surface area contributed by atoms with Crippen LogP contribution in [0.1, 0.15) is 5.69 Å². The van der Waals surface area contributed by atoms with Crippen molar-refractivity contribution in [2.24, 2.45) is 0 Å². The second kappa shape index (κ2) is 7.12. The number of carbonyl (C=O) groups excluding carboxylic acids is 1. The molecule has 3 aromatic rings. The van der Waals surface area contributed by atoms with Crippen LogP contribution >= 0.6 is 0 Å². The van der Waals surface area contributed by atoms with Crippen LogP contribution in [0.4, 0.5) is 5.69 Å². The topological polar surface area (TPSA) is 74.1 Å². The van der Waals surface area contributed by atoms with Crippen molar-refractivity contribution in [3.05, 3.63) is 48.4 Å². The van der Waals surface area contributed by atoms with E-state index in [0.29, 0.717) is 28.6 Å². The first kappa shape index (κ1) is 16.6. The smallest absolute Gasteiger partial charge is 0.262 e. The zero-order valence-corrected chi connectivity index (χ0v) is 14.3. The molecular weight excluding hydrogens is 322 g/mol. The van der Waals surface area contributed by atoms with Gasteiger partial charge in [0.15, 0.2) is 18.0 Å². The third-order valence-electron chi connectivity index (χ3n) is 3.61. The second-order valence-electron chi connectivity index (χ2n) is 5.39. The summed E-state index contributed by atoms with van der Waals surface area (Å²) in [7, 11) is 3.10. The van der Waals surface area contributed by atoms with E-state index >= 15 is 0 Å². The van der Waals surface area contributed by atoms with Crippen molar-refractivity contribution < 1.29 is 19.0 Å². The van der Waals surface area contributed by atoms with Crippen LogP contribution in [0.3, 0.4) is 0 Å². The number of hydrogen-bond acceptors (Lipinski definition) is 5. The average Bonchev–Trinajstić information content (AvgIpc) is 3.01. The molecule has 0 spiro atoms. The van der Waals surface area contributed by atoms with Gasteiger partial charge in [-0.15, -0.1) is 0 Å². The maximum absolute atomic E-state index is 12.2. The highest BCUT2D eigenvalue weighted by atomic mass is 16.5. The number of fused-ring (bicyclic) bond motifs is 1. The minimum Gasteiger partial charge on any atom is -0.497 e. The number of nitrogens with one attached hydrogen (secondary N) is 1. The summed E-state index contributed by atoms with van der Waals surface area (Å²) in [5.74, 6) is 1.41. The van der Waals surface area contributed by atoms with E-state index in [1.165, 1.54) is 7.11 Å². The predicted molar refractivity (Wildman–Crippen MR) is 93.6 cm³/mol. The van der Waals surface area contributed by atoms with Gasteiger partial charge in [0.05, 0.1) is 25.6 Å². The van der Waals surface area contributed by atoms with Gasteiger partial charge in [0.25, 0.3) is 5.91 Å². The van der Waals surface area contributed by atoms with Crippen LogP contribution in [0, 0.1) is 6.92 Å². The van der Waals surface area contributed by atoms with E-state index < -0.39 is 0 Å². The number of benzene rings is 1. The highest BCUT2D eigenvalue weighted by Gasteiger charge is 2.11. The Bertz CT molecular complexity index is 904. The highest BCUT2D eigenvalue weighted by Crippen LogP contribution is 2.29. The van der Waals surface area contributed by atoms with Crippen LogP contribution in [0.25, 0.3) is 5.65 Å². The van der Waals surface area contributed by atoms with E-state index in [9.17, 15) is 4.79 Å². The number of rotatable bonds is 6. The predicted octanol–water partition coefficient (Wildman–Crippen LogP) is 2.68. The Labute approximate surface area is 145 Å². The van der Waals surface area contributed by atoms with Crippen molar-refractivity contribution in [1.82, 2.24) is 9.38 Å². The summed E-state index contributed by atoms with van der Waals surface area (Å²) >= 11 is 0. The molecule has 0 saturated heterocycles. The minimum atomic E-state index is -0.297. The Balaban J connectivity index is 1.68. The summed E-state index contributed by atoms with van der Waals surface area (Å²) in [4.78, 5) is 16.6. The molecule has 0 fully saturated rings. The largest absolute Gasteiger partial charge is 0.497 e. The first-order valence-electron chi connectivity index (χ1n) is 7.69. The molecule has 7 heteroatoms. The van der Waals surface area contributed by atoms with E-state index in [0.717, 1.165) is 5.69 Å². The first-order chi connectivity index (χ1) is 12.1. The second-order valence-corrected chi connectivity index (χ2v) is 5.39. The molecule has 2 heterocycles. The number of ether oxygens (including phenoxy) is 3. The summed E-state index contributed by atoms with van der Waals surface area (Å²) in [5, 5.41) is 2.76. The molecule has 1 amide bonds. The summed E-state index contributed by atoms with van der Waals surface area (Å²) in [6.45, 7) is 1.76. The number of methoxy groups -OCH3 is 2. The molecule has 1 aromatic carbocycles. The lowest BCUT2D eigenvalue weighted by Crippen LogP contribution is -2.20. The molecule has 0 aliphatic rings. The van der Waals surface area contributed by atoms with Gasteiger partial charge >= 0.3 is 0 Å². The SMILES string of the molecule is COc1ccc(NC(=O)COc2cccn3cc(C)nc23)c(OC)c1. The van der Waals surface area contributed by atoms with Gasteiger partial charge in [0.2, 0.25) is 0 Å². The van der Waals surface area contributed by atoms with Crippen molar-refractivity contribution in [3.8, 4) is 17.2 Å². The van der Waals surface area contributed by atoms with Gasteiger partial charge < -0.3 is 23.9 Å². The molecule has 0 saturated carbocycles. The third kappa shape index (κ3) is 3.65. The molecule has 0 aliphatic heterocycles. The number of aryl methyl sites for hydroxylation is 1. The molecular formula is C18H19N3O4. The van der Waals surface area contributed by atoms with Crippen molar-refractivity contribution in [1.29, 1.82) is 0 Å². The third-order valence-corrected chi connectivity index (χ3v) is 3.61. The normalized spacial score (nSPS) is 10.5. The van der Waals surface area contributed by atoms with Crippen LogP contribution in [0.2, 0.25) is 0 Å². The van der Waals surface area contributed by atoms with Crippen molar-refractivity contribution in [2.75, 3.05) is 26.1 Å². The maximum Gasteiger partial charge on any atom is 0.262 e. The molecule has 130 valence electrons. The molecule has 0 aliphatic carbocycles. The van der Waals surface area contributed by atoms with Crippen LogP contribution in [-0.4, -0.2) is 36.1 Å². The van der Waals surface area contributed by atoms with Gasteiger partial charge in [0, 0.05) is 18.5 Å². The summed E-state index contributed by atoms with van der Waals surface area (Å²) in [6.07, 6.45) is 3.77. The van der Waals surface area contributed by atoms with Crippen molar-refractivity contribution in [3.63, 3.8) is 0 Å². The van der Waals surface area contributed by atoms with E-state index in [1.54, 1.807) is 31.4 Å². The molecule has 25 heavy (non-hydrogen) atoms. The molecule has 0 unspecified atom stereocenters. The number of pyridine rings is 1. The number of nitrogens with zero attached hydrogens (tertiary/aromatic N) is 2. The van der Waals surface area contributed by atoms with Gasteiger partial charge in [-0.05, 0) is 31.2 Å². The monoisotopic (exact) mass is 341 g/mol. The van der Waals surface area contributed by atoms with Crippen LogP contribution in [0.5, 0.6) is 17.2 Å². The number of carbonyl (C=O) groups is 1. The van der Waals surface area contributed by atoms with Crippen molar-refractivity contribution in [2.45, 2.75) is 6.92 Å².